The van der Waals surface area contributed by atoms with Gasteiger partial charge in [-0.05, 0) is 50.8 Å². The number of hydrogen-bond acceptors (Lipinski definition) is 5. The molecule has 3 rings (SSSR count). The van der Waals surface area contributed by atoms with Gasteiger partial charge in [-0.1, -0.05) is 105 Å². The van der Waals surface area contributed by atoms with E-state index in [-0.39, 0.29) is 25.3 Å². The number of nitrogens with one attached hydrogen (secondary N) is 2. The number of phenols is 1. The summed E-state index contributed by atoms with van der Waals surface area (Å²) < 4.78 is 5.52. The topological polar surface area (TPSA) is 108 Å². The van der Waals surface area contributed by atoms with Crippen LogP contribution in [0.4, 0.5) is 4.79 Å². The molecular formula is C36H47N3O5. The Morgan fingerprint density at radius 1 is 0.864 bits per heavy atom. The molecule has 2 atom stereocenters. The Kier molecular flexibility index (Phi) is 12.8. The largest absolute Gasteiger partial charge is 0.507 e. The SMILES string of the molecule is CCCCCCN(C(=O)C(Cc1ccccc1)NC(=O)OC(C)(C)C)C(C(=O)NCc1ccccc1)c1cccc(C)c1O. The van der Waals surface area contributed by atoms with Crippen LogP contribution in [0, 0.1) is 6.92 Å². The van der Waals surface area contributed by atoms with Crippen LogP contribution in [0.25, 0.3) is 0 Å². The molecule has 0 saturated carbocycles. The maximum atomic E-state index is 14.6. The quantitative estimate of drug-likeness (QED) is 0.180. The smallest absolute Gasteiger partial charge is 0.408 e. The zero-order valence-electron chi connectivity index (χ0n) is 26.6. The van der Waals surface area contributed by atoms with Crippen molar-refractivity contribution in [2.24, 2.45) is 0 Å². The summed E-state index contributed by atoms with van der Waals surface area (Å²) in [7, 11) is 0. The second-order valence-corrected chi connectivity index (χ2v) is 12.1. The average molecular weight is 602 g/mol. The molecule has 0 fully saturated rings. The molecule has 0 saturated heterocycles. The van der Waals surface area contributed by atoms with Gasteiger partial charge in [0.1, 0.15) is 23.4 Å². The monoisotopic (exact) mass is 601 g/mol. The number of phenolic OH excluding ortho intramolecular Hbond substituents is 1. The molecule has 0 heterocycles. The van der Waals surface area contributed by atoms with E-state index in [1.807, 2.05) is 60.7 Å². The lowest BCUT2D eigenvalue weighted by Gasteiger charge is -2.35. The van der Waals surface area contributed by atoms with E-state index in [0.717, 1.165) is 30.4 Å². The Morgan fingerprint density at radius 2 is 1.50 bits per heavy atom. The summed E-state index contributed by atoms with van der Waals surface area (Å²) in [6.45, 7) is 9.65. The Balaban J connectivity index is 2.06. The summed E-state index contributed by atoms with van der Waals surface area (Å²) in [6.07, 6.45) is 2.97. The molecule has 0 aliphatic rings. The van der Waals surface area contributed by atoms with Crippen LogP contribution >= 0.6 is 0 Å². The highest BCUT2D eigenvalue weighted by Gasteiger charge is 2.37. The van der Waals surface area contributed by atoms with Crippen LogP contribution in [-0.4, -0.2) is 46.1 Å². The molecule has 2 unspecified atom stereocenters. The van der Waals surface area contributed by atoms with Crippen molar-refractivity contribution >= 4 is 17.9 Å². The fraction of sp³-hybridized carbons (Fsp3) is 0.417. The number of carbonyl (C=O) groups excluding carboxylic acids is 3. The van der Waals surface area contributed by atoms with Crippen molar-refractivity contribution in [1.29, 1.82) is 0 Å². The molecule has 8 heteroatoms. The summed E-state index contributed by atoms with van der Waals surface area (Å²) in [5, 5.41) is 17.0. The van der Waals surface area contributed by atoms with Gasteiger partial charge in [-0.2, -0.15) is 0 Å². The first-order valence-corrected chi connectivity index (χ1v) is 15.4. The number of aryl methyl sites for hydroxylation is 1. The molecule has 0 aliphatic heterocycles. The van der Waals surface area contributed by atoms with Gasteiger partial charge in [-0.3, -0.25) is 9.59 Å². The summed E-state index contributed by atoms with van der Waals surface area (Å²) in [6, 6.07) is 22.0. The van der Waals surface area contributed by atoms with E-state index < -0.39 is 35.6 Å². The summed E-state index contributed by atoms with van der Waals surface area (Å²) >= 11 is 0. The molecule has 3 amide bonds. The number of para-hydroxylation sites is 1. The highest BCUT2D eigenvalue weighted by molar-refractivity contribution is 5.92. The third-order valence-electron chi connectivity index (χ3n) is 7.24. The Morgan fingerprint density at radius 3 is 2.11 bits per heavy atom. The van der Waals surface area contributed by atoms with Crippen molar-refractivity contribution in [3.8, 4) is 5.75 Å². The van der Waals surface area contributed by atoms with Crippen molar-refractivity contribution in [3.63, 3.8) is 0 Å². The average Bonchev–Trinajstić information content (AvgIpc) is 2.99. The molecule has 8 nitrogen and oxygen atoms in total. The first-order valence-electron chi connectivity index (χ1n) is 15.4. The molecular weight excluding hydrogens is 554 g/mol. The summed E-state index contributed by atoms with van der Waals surface area (Å²) in [5.74, 6) is -0.898. The molecule has 3 aromatic carbocycles. The van der Waals surface area contributed by atoms with Gasteiger partial charge in [0.05, 0.1) is 0 Å². The molecule has 0 bridgehead atoms. The van der Waals surface area contributed by atoms with E-state index >= 15 is 0 Å². The van der Waals surface area contributed by atoms with Crippen molar-refractivity contribution in [3.05, 3.63) is 101 Å². The van der Waals surface area contributed by atoms with Gasteiger partial charge in [-0.25, -0.2) is 4.79 Å². The minimum atomic E-state index is -1.13. The lowest BCUT2D eigenvalue weighted by Crippen LogP contribution is -2.54. The van der Waals surface area contributed by atoms with Crippen LogP contribution in [0.5, 0.6) is 5.75 Å². The number of alkyl carbamates (subject to hydrolysis) is 1. The molecule has 0 aromatic heterocycles. The van der Waals surface area contributed by atoms with E-state index in [0.29, 0.717) is 17.5 Å². The van der Waals surface area contributed by atoms with Gasteiger partial charge in [0.2, 0.25) is 11.8 Å². The van der Waals surface area contributed by atoms with Crippen molar-refractivity contribution in [2.45, 2.75) is 91.0 Å². The van der Waals surface area contributed by atoms with Gasteiger partial charge in [0, 0.05) is 25.1 Å². The summed E-state index contributed by atoms with van der Waals surface area (Å²) in [5.41, 5.74) is 1.90. The van der Waals surface area contributed by atoms with Gasteiger partial charge in [-0.15, -0.1) is 0 Å². The minimum Gasteiger partial charge on any atom is -0.507 e. The molecule has 0 radical (unpaired) electrons. The van der Waals surface area contributed by atoms with Crippen molar-refractivity contribution < 1.29 is 24.2 Å². The highest BCUT2D eigenvalue weighted by atomic mass is 16.6. The number of amides is 3. The Labute approximate surface area is 261 Å². The van der Waals surface area contributed by atoms with E-state index in [4.69, 9.17) is 4.74 Å². The van der Waals surface area contributed by atoms with Crippen LogP contribution in [-0.2, 0) is 27.3 Å². The van der Waals surface area contributed by atoms with Gasteiger partial charge < -0.3 is 25.4 Å². The minimum absolute atomic E-state index is 0.0431. The first kappa shape index (κ1) is 34.2. The third kappa shape index (κ3) is 10.4. The number of carbonyl (C=O) groups is 3. The molecule has 44 heavy (non-hydrogen) atoms. The van der Waals surface area contributed by atoms with Crippen LogP contribution in [0.1, 0.15) is 81.7 Å². The number of ether oxygens (including phenoxy) is 1. The standard InChI is InChI=1S/C36H47N3O5/c1-6-7-8-15-23-39(34(42)30(24-27-18-11-9-12-19-27)38-35(43)44-36(3,4)5)31(29-22-16-17-26(2)32(29)40)33(41)37-25-28-20-13-10-14-21-28/h9-14,16-22,30-31,40H,6-8,15,23-25H2,1-5H3,(H,37,41)(H,38,43). The fourth-order valence-corrected chi connectivity index (χ4v) is 5.01. The van der Waals surface area contributed by atoms with Crippen LogP contribution in [0.3, 0.4) is 0 Å². The maximum absolute atomic E-state index is 14.6. The molecule has 3 N–H and O–H groups in total. The fourth-order valence-electron chi connectivity index (χ4n) is 5.01. The number of unbranched alkanes of at least 4 members (excludes halogenated alkanes) is 3. The number of aromatic hydroxyl groups is 1. The summed E-state index contributed by atoms with van der Waals surface area (Å²) in [4.78, 5) is 43.2. The normalized spacial score (nSPS) is 12.6. The number of rotatable bonds is 14. The Bertz CT molecular complexity index is 1360. The van der Waals surface area contributed by atoms with Gasteiger partial charge in [0.15, 0.2) is 0 Å². The Hall–Kier alpha value is -4.33. The second kappa shape index (κ2) is 16.5. The number of benzene rings is 3. The molecule has 236 valence electrons. The predicted molar refractivity (Wildman–Crippen MR) is 173 cm³/mol. The molecule has 3 aromatic rings. The zero-order valence-corrected chi connectivity index (χ0v) is 26.6. The number of hydrogen-bond donors (Lipinski definition) is 3. The third-order valence-corrected chi connectivity index (χ3v) is 7.24. The second-order valence-electron chi connectivity index (χ2n) is 12.1. The van der Waals surface area contributed by atoms with Gasteiger partial charge >= 0.3 is 6.09 Å². The van der Waals surface area contributed by atoms with Gasteiger partial charge in [0.25, 0.3) is 0 Å². The van der Waals surface area contributed by atoms with Crippen molar-refractivity contribution in [1.82, 2.24) is 15.5 Å². The highest BCUT2D eigenvalue weighted by Crippen LogP contribution is 2.33. The molecule has 0 aliphatic carbocycles. The van der Waals surface area contributed by atoms with Crippen LogP contribution in [0.2, 0.25) is 0 Å². The van der Waals surface area contributed by atoms with E-state index in [1.165, 1.54) is 4.90 Å². The zero-order chi connectivity index (χ0) is 32.1. The molecule has 0 spiro atoms. The van der Waals surface area contributed by atoms with E-state index in [2.05, 4.69) is 17.6 Å². The van der Waals surface area contributed by atoms with E-state index in [9.17, 15) is 19.5 Å². The van der Waals surface area contributed by atoms with Crippen LogP contribution < -0.4 is 10.6 Å². The lowest BCUT2D eigenvalue weighted by atomic mass is 9.97. The van der Waals surface area contributed by atoms with Crippen LogP contribution in [0.15, 0.2) is 78.9 Å². The predicted octanol–water partition coefficient (Wildman–Crippen LogP) is 6.60. The van der Waals surface area contributed by atoms with E-state index in [1.54, 1.807) is 45.9 Å². The van der Waals surface area contributed by atoms with Crippen molar-refractivity contribution in [2.75, 3.05) is 6.54 Å². The maximum Gasteiger partial charge on any atom is 0.408 e. The first-order chi connectivity index (χ1) is 21.0. The lowest BCUT2D eigenvalue weighted by molar-refractivity contribution is -0.142. The number of nitrogens with zero attached hydrogens (tertiary/aromatic N) is 1.